The van der Waals surface area contributed by atoms with Crippen LogP contribution in [0.15, 0.2) is 22.7 Å². The van der Waals surface area contributed by atoms with Crippen molar-refractivity contribution in [3.8, 4) is 5.75 Å². The van der Waals surface area contributed by atoms with E-state index in [4.69, 9.17) is 9.47 Å². The number of rotatable bonds is 4. The molecule has 104 valence electrons. The highest BCUT2D eigenvalue weighted by molar-refractivity contribution is 9.10. The quantitative estimate of drug-likeness (QED) is 0.924. The maximum absolute atomic E-state index is 12.1. The van der Waals surface area contributed by atoms with Gasteiger partial charge in [0.1, 0.15) is 5.75 Å². The lowest BCUT2D eigenvalue weighted by Crippen LogP contribution is -2.33. The van der Waals surface area contributed by atoms with Crippen molar-refractivity contribution >= 4 is 21.8 Å². The summed E-state index contributed by atoms with van der Waals surface area (Å²) in [5.41, 5.74) is 0.558. The number of halogens is 1. The highest BCUT2D eigenvalue weighted by Crippen LogP contribution is 2.23. The van der Waals surface area contributed by atoms with Gasteiger partial charge in [-0.2, -0.15) is 0 Å². The Morgan fingerprint density at radius 2 is 2.42 bits per heavy atom. The predicted octanol–water partition coefficient (Wildman–Crippen LogP) is 2.61. The van der Waals surface area contributed by atoms with E-state index in [1.165, 1.54) is 0 Å². The Kier molecular flexibility index (Phi) is 5.22. The van der Waals surface area contributed by atoms with Crippen LogP contribution >= 0.6 is 15.9 Å². The highest BCUT2D eigenvalue weighted by Gasteiger charge is 2.17. The molecule has 2 rings (SSSR count). The number of carbonyl (C=O) groups excluding carboxylic acids is 1. The zero-order valence-electron chi connectivity index (χ0n) is 10.9. The Bertz CT molecular complexity index is 444. The molecule has 1 saturated heterocycles. The second kappa shape index (κ2) is 6.91. The Hall–Kier alpha value is -1.07. The fourth-order valence-corrected chi connectivity index (χ4v) is 2.49. The number of carbonyl (C=O) groups is 1. The molecular formula is C14H18BrNO3. The molecule has 1 amide bonds. The zero-order valence-corrected chi connectivity index (χ0v) is 12.5. The Labute approximate surface area is 121 Å². The summed E-state index contributed by atoms with van der Waals surface area (Å²) in [4.78, 5) is 12.1. The maximum atomic E-state index is 12.1. The second-order valence-corrected chi connectivity index (χ2v) is 5.55. The fourth-order valence-electron chi connectivity index (χ4n) is 2.15. The fraction of sp³-hybridized carbons (Fsp3) is 0.500. The van der Waals surface area contributed by atoms with Crippen LogP contribution in [-0.2, 0) is 4.74 Å². The largest absolute Gasteiger partial charge is 0.496 e. The summed E-state index contributed by atoms with van der Waals surface area (Å²) in [7, 11) is 1.56. The van der Waals surface area contributed by atoms with Crippen molar-refractivity contribution in [2.75, 3.05) is 26.9 Å². The van der Waals surface area contributed by atoms with Gasteiger partial charge in [0.05, 0.1) is 19.3 Å². The van der Waals surface area contributed by atoms with Gasteiger partial charge < -0.3 is 14.8 Å². The van der Waals surface area contributed by atoms with Crippen LogP contribution in [0.1, 0.15) is 23.2 Å². The van der Waals surface area contributed by atoms with E-state index in [1.807, 2.05) is 6.07 Å². The van der Waals surface area contributed by atoms with Crippen LogP contribution in [0.3, 0.4) is 0 Å². The lowest BCUT2D eigenvalue weighted by molar-refractivity contribution is 0.0536. The maximum Gasteiger partial charge on any atom is 0.255 e. The Balaban J connectivity index is 1.95. The SMILES string of the molecule is COc1cc(Br)ccc1C(=O)NCC1CCCOC1. The molecule has 0 radical (unpaired) electrons. The minimum absolute atomic E-state index is 0.102. The van der Waals surface area contributed by atoms with Crippen molar-refractivity contribution in [2.24, 2.45) is 5.92 Å². The summed E-state index contributed by atoms with van der Waals surface area (Å²) >= 11 is 3.36. The second-order valence-electron chi connectivity index (χ2n) is 4.64. The molecule has 1 atom stereocenters. The zero-order chi connectivity index (χ0) is 13.7. The van der Waals surface area contributed by atoms with Gasteiger partial charge in [0.15, 0.2) is 0 Å². The number of nitrogens with one attached hydrogen (secondary N) is 1. The van der Waals surface area contributed by atoms with Crippen molar-refractivity contribution in [3.05, 3.63) is 28.2 Å². The minimum Gasteiger partial charge on any atom is -0.496 e. The van der Waals surface area contributed by atoms with E-state index in [-0.39, 0.29) is 5.91 Å². The van der Waals surface area contributed by atoms with Crippen molar-refractivity contribution in [1.29, 1.82) is 0 Å². The lowest BCUT2D eigenvalue weighted by atomic mass is 10.0. The Morgan fingerprint density at radius 1 is 1.58 bits per heavy atom. The summed E-state index contributed by atoms with van der Waals surface area (Å²) in [6.45, 7) is 2.22. The number of ether oxygens (including phenoxy) is 2. The number of methoxy groups -OCH3 is 1. The van der Waals surface area contributed by atoms with Gasteiger partial charge >= 0.3 is 0 Å². The molecular weight excluding hydrogens is 310 g/mol. The van der Waals surface area contributed by atoms with Gasteiger partial charge in [-0.05, 0) is 37.0 Å². The number of amides is 1. The van der Waals surface area contributed by atoms with Crippen LogP contribution in [0, 0.1) is 5.92 Å². The van der Waals surface area contributed by atoms with Crippen LogP contribution in [-0.4, -0.2) is 32.8 Å². The van der Waals surface area contributed by atoms with Gasteiger partial charge in [-0.1, -0.05) is 15.9 Å². The smallest absolute Gasteiger partial charge is 0.255 e. The predicted molar refractivity (Wildman–Crippen MR) is 76.6 cm³/mol. The van der Waals surface area contributed by atoms with Gasteiger partial charge in [-0.3, -0.25) is 4.79 Å². The first-order chi connectivity index (χ1) is 9.20. The summed E-state index contributed by atoms with van der Waals surface area (Å²) in [5.74, 6) is 0.890. The van der Waals surface area contributed by atoms with Crippen LogP contribution in [0.2, 0.25) is 0 Å². The highest BCUT2D eigenvalue weighted by atomic mass is 79.9. The van der Waals surface area contributed by atoms with E-state index in [0.29, 0.717) is 23.8 Å². The summed E-state index contributed by atoms with van der Waals surface area (Å²) in [5, 5.41) is 2.95. The van der Waals surface area contributed by atoms with E-state index >= 15 is 0 Å². The standard InChI is InChI=1S/C14H18BrNO3/c1-18-13-7-11(15)4-5-12(13)14(17)16-8-10-3-2-6-19-9-10/h4-5,7,10H,2-3,6,8-9H2,1H3,(H,16,17). The van der Waals surface area contributed by atoms with Crippen molar-refractivity contribution in [3.63, 3.8) is 0 Å². The molecule has 1 aromatic carbocycles. The first-order valence-electron chi connectivity index (χ1n) is 6.40. The van der Waals surface area contributed by atoms with Crippen LogP contribution in [0.4, 0.5) is 0 Å². The van der Waals surface area contributed by atoms with Gasteiger partial charge in [-0.25, -0.2) is 0 Å². The van der Waals surface area contributed by atoms with Gasteiger partial charge in [0.25, 0.3) is 5.91 Å². The molecule has 1 fully saturated rings. The van der Waals surface area contributed by atoms with E-state index in [9.17, 15) is 4.79 Å². The molecule has 0 aliphatic carbocycles. The molecule has 19 heavy (non-hydrogen) atoms. The van der Waals surface area contributed by atoms with Crippen molar-refractivity contribution in [2.45, 2.75) is 12.8 Å². The Morgan fingerprint density at radius 3 is 3.11 bits per heavy atom. The molecule has 1 aliphatic rings. The number of hydrogen-bond donors (Lipinski definition) is 1. The van der Waals surface area contributed by atoms with Gasteiger partial charge in [0, 0.05) is 17.6 Å². The van der Waals surface area contributed by atoms with Crippen molar-refractivity contribution < 1.29 is 14.3 Å². The average molecular weight is 328 g/mol. The molecule has 1 heterocycles. The molecule has 4 nitrogen and oxygen atoms in total. The summed E-state index contributed by atoms with van der Waals surface area (Å²) in [6.07, 6.45) is 2.18. The molecule has 1 aromatic rings. The summed E-state index contributed by atoms with van der Waals surface area (Å²) in [6, 6.07) is 5.38. The summed E-state index contributed by atoms with van der Waals surface area (Å²) < 4.78 is 11.5. The minimum atomic E-state index is -0.102. The molecule has 0 spiro atoms. The normalized spacial score (nSPS) is 18.9. The van der Waals surface area contributed by atoms with E-state index in [2.05, 4.69) is 21.2 Å². The van der Waals surface area contributed by atoms with Crippen LogP contribution in [0.5, 0.6) is 5.75 Å². The monoisotopic (exact) mass is 327 g/mol. The lowest BCUT2D eigenvalue weighted by Gasteiger charge is -2.22. The molecule has 0 saturated carbocycles. The number of benzene rings is 1. The molecule has 1 aliphatic heterocycles. The molecule has 0 bridgehead atoms. The number of hydrogen-bond acceptors (Lipinski definition) is 3. The van der Waals surface area contributed by atoms with E-state index < -0.39 is 0 Å². The first-order valence-corrected chi connectivity index (χ1v) is 7.19. The molecule has 1 N–H and O–H groups in total. The van der Waals surface area contributed by atoms with Gasteiger partial charge in [-0.15, -0.1) is 0 Å². The third-order valence-electron chi connectivity index (χ3n) is 3.21. The molecule has 0 aromatic heterocycles. The van der Waals surface area contributed by atoms with E-state index in [0.717, 1.165) is 30.5 Å². The van der Waals surface area contributed by atoms with Crippen molar-refractivity contribution in [1.82, 2.24) is 5.32 Å². The average Bonchev–Trinajstić information content (AvgIpc) is 2.45. The van der Waals surface area contributed by atoms with E-state index in [1.54, 1.807) is 19.2 Å². The first kappa shape index (κ1) is 14.3. The topological polar surface area (TPSA) is 47.6 Å². The molecule has 1 unspecified atom stereocenters. The third-order valence-corrected chi connectivity index (χ3v) is 3.71. The van der Waals surface area contributed by atoms with Crippen LogP contribution < -0.4 is 10.1 Å². The van der Waals surface area contributed by atoms with Gasteiger partial charge in [0.2, 0.25) is 0 Å². The molecule has 5 heteroatoms. The van der Waals surface area contributed by atoms with Crippen LogP contribution in [0.25, 0.3) is 0 Å². The third kappa shape index (κ3) is 3.94.